The van der Waals surface area contributed by atoms with Crippen molar-refractivity contribution >= 4 is 17.7 Å². The number of aliphatic hydroxyl groups is 3. The molecule has 46 heavy (non-hydrogen) atoms. The summed E-state index contributed by atoms with van der Waals surface area (Å²) in [5, 5.41) is 30.1. The number of esters is 2. The van der Waals surface area contributed by atoms with Gasteiger partial charge in [-0.3, -0.25) is 14.4 Å². The molecule has 0 aromatic heterocycles. The lowest BCUT2D eigenvalue weighted by Crippen LogP contribution is -2.28. The van der Waals surface area contributed by atoms with Crippen molar-refractivity contribution in [3.05, 3.63) is 12.2 Å². The summed E-state index contributed by atoms with van der Waals surface area (Å²) in [5.41, 5.74) is 0. The van der Waals surface area contributed by atoms with Gasteiger partial charge in [0.15, 0.2) is 6.10 Å². The van der Waals surface area contributed by atoms with E-state index >= 15 is 0 Å². The largest absolute Gasteiger partial charge is 0.462 e. The molecule has 1 rings (SSSR count). The number of ketones is 1. The second-order valence-electron chi connectivity index (χ2n) is 13.7. The zero-order valence-electron chi connectivity index (χ0n) is 29.5. The van der Waals surface area contributed by atoms with Crippen LogP contribution in [0.3, 0.4) is 0 Å². The standard InChI is InChI=1S/C38H68O8/c1-4-6-15-21-31(40)25-26-34-33(35(41)27-36(34)42)22-17-13-14-19-24-38(44)46-32(28-39)29-45-37(43)23-18-12-10-8-7-9-11-16-20-30(3)5-2/h25-26,30-34,36,39-40,42H,4-24,27-29H2,1-3H3/b26-25+/t30?,31-,32-,33+,34+,36+/m0/s1. The van der Waals surface area contributed by atoms with Crippen LogP contribution in [0.2, 0.25) is 0 Å². The molecule has 0 radical (unpaired) electrons. The highest BCUT2D eigenvalue weighted by molar-refractivity contribution is 5.84. The van der Waals surface area contributed by atoms with E-state index in [-0.39, 0.29) is 43.0 Å². The Hall–Kier alpha value is -1.77. The molecule has 6 atom stereocenters. The van der Waals surface area contributed by atoms with Gasteiger partial charge in [0, 0.05) is 31.1 Å². The van der Waals surface area contributed by atoms with Crippen molar-refractivity contribution in [1.29, 1.82) is 0 Å². The summed E-state index contributed by atoms with van der Waals surface area (Å²) in [6.45, 7) is 6.16. The fourth-order valence-electron chi connectivity index (χ4n) is 6.19. The van der Waals surface area contributed by atoms with Gasteiger partial charge in [0.2, 0.25) is 0 Å². The lowest BCUT2D eigenvalue weighted by Gasteiger charge is -2.18. The van der Waals surface area contributed by atoms with Crippen molar-refractivity contribution in [3.8, 4) is 0 Å². The average Bonchev–Trinajstić information content (AvgIpc) is 3.31. The summed E-state index contributed by atoms with van der Waals surface area (Å²) in [6, 6.07) is 0. The lowest BCUT2D eigenvalue weighted by molar-refractivity contribution is -0.161. The molecule has 0 amide bonds. The number of ether oxygens (including phenoxy) is 2. The van der Waals surface area contributed by atoms with E-state index in [9.17, 15) is 29.7 Å². The summed E-state index contributed by atoms with van der Waals surface area (Å²) in [4.78, 5) is 36.8. The molecule has 268 valence electrons. The van der Waals surface area contributed by atoms with Crippen LogP contribution in [0.4, 0.5) is 0 Å². The van der Waals surface area contributed by atoms with Crippen LogP contribution < -0.4 is 0 Å². The minimum atomic E-state index is -0.855. The molecule has 8 heteroatoms. The Morgan fingerprint density at radius 3 is 2.07 bits per heavy atom. The molecule has 1 aliphatic rings. The van der Waals surface area contributed by atoms with E-state index in [1.807, 2.05) is 6.08 Å². The number of hydrogen-bond donors (Lipinski definition) is 3. The van der Waals surface area contributed by atoms with Crippen LogP contribution in [-0.2, 0) is 23.9 Å². The van der Waals surface area contributed by atoms with Crippen LogP contribution >= 0.6 is 0 Å². The van der Waals surface area contributed by atoms with Crippen molar-refractivity contribution in [2.24, 2.45) is 17.8 Å². The van der Waals surface area contributed by atoms with Crippen LogP contribution in [-0.4, -0.2) is 64.6 Å². The predicted octanol–water partition coefficient (Wildman–Crippen LogP) is 7.78. The zero-order chi connectivity index (χ0) is 34.0. The van der Waals surface area contributed by atoms with Gasteiger partial charge in [-0.05, 0) is 31.6 Å². The summed E-state index contributed by atoms with van der Waals surface area (Å²) >= 11 is 0. The maximum Gasteiger partial charge on any atom is 0.306 e. The van der Waals surface area contributed by atoms with E-state index in [0.29, 0.717) is 25.7 Å². The quantitative estimate of drug-likeness (QED) is 0.0424. The van der Waals surface area contributed by atoms with Crippen molar-refractivity contribution in [2.45, 2.75) is 180 Å². The monoisotopic (exact) mass is 652 g/mol. The maximum absolute atomic E-state index is 12.5. The van der Waals surface area contributed by atoms with E-state index in [2.05, 4.69) is 20.8 Å². The SMILES string of the molecule is CCCCC[C@H](O)/C=C/[C@H]1[C@H](O)CC(=O)[C@@H]1CCCCCCC(=O)O[C@@H](CO)COC(=O)CCCCCCCCCCC(C)CC. The van der Waals surface area contributed by atoms with Gasteiger partial charge in [0.25, 0.3) is 0 Å². The highest BCUT2D eigenvalue weighted by Gasteiger charge is 2.39. The predicted molar refractivity (Wildman–Crippen MR) is 183 cm³/mol. The van der Waals surface area contributed by atoms with Gasteiger partial charge < -0.3 is 24.8 Å². The topological polar surface area (TPSA) is 130 Å². The number of hydrogen-bond acceptors (Lipinski definition) is 8. The second-order valence-corrected chi connectivity index (χ2v) is 13.7. The fourth-order valence-corrected chi connectivity index (χ4v) is 6.19. The van der Waals surface area contributed by atoms with Crippen LogP contribution in [0.5, 0.6) is 0 Å². The number of carbonyl (C=O) groups is 3. The maximum atomic E-state index is 12.5. The van der Waals surface area contributed by atoms with E-state index in [0.717, 1.165) is 63.7 Å². The van der Waals surface area contributed by atoms with Gasteiger partial charge in [-0.25, -0.2) is 0 Å². The molecular weight excluding hydrogens is 584 g/mol. The summed E-state index contributed by atoms with van der Waals surface area (Å²) in [6.07, 6.45) is 21.7. The molecular formula is C38H68O8. The highest BCUT2D eigenvalue weighted by Crippen LogP contribution is 2.34. The van der Waals surface area contributed by atoms with Crippen LogP contribution in [0.15, 0.2) is 12.2 Å². The molecule has 1 aliphatic carbocycles. The van der Waals surface area contributed by atoms with Crippen molar-refractivity contribution < 1.29 is 39.2 Å². The average molecular weight is 653 g/mol. The van der Waals surface area contributed by atoms with Gasteiger partial charge in [-0.15, -0.1) is 0 Å². The Balaban J connectivity index is 2.13. The van der Waals surface area contributed by atoms with Crippen molar-refractivity contribution in [3.63, 3.8) is 0 Å². The van der Waals surface area contributed by atoms with Gasteiger partial charge in [-0.2, -0.15) is 0 Å². The molecule has 0 bridgehead atoms. The summed E-state index contributed by atoms with van der Waals surface area (Å²) in [5.74, 6) is -0.316. The molecule has 0 heterocycles. The third kappa shape index (κ3) is 20.5. The molecule has 1 saturated carbocycles. The molecule has 8 nitrogen and oxygen atoms in total. The van der Waals surface area contributed by atoms with Gasteiger partial charge in [-0.1, -0.05) is 129 Å². The molecule has 0 spiro atoms. The van der Waals surface area contributed by atoms with E-state index < -0.39 is 30.9 Å². The molecule has 0 saturated heterocycles. The van der Waals surface area contributed by atoms with Crippen molar-refractivity contribution in [1.82, 2.24) is 0 Å². The van der Waals surface area contributed by atoms with Gasteiger partial charge >= 0.3 is 11.9 Å². The molecule has 0 aromatic carbocycles. The van der Waals surface area contributed by atoms with Gasteiger partial charge in [0.05, 0.1) is 18.8 Å². The Bertz CT molecular complexity index is 828. The first-order valence-electron chi connectivity index (χ1n) is 18.7. The van der Waals surface area contributed by atoms with Crippen LogP contribution in [0, 0.1) is 17.8 Å². The Labute approximate surface area is 280 Å². The van der Waals surface area contributed by atoms with Crippen LogP contribution in [0.25, 0.3) is 0 Å². The fraction of sp³-hybridized carbons (Fsp3) is 0.868. The molecule has 0 aliphatic heterocycles. The van der Waals surface area contributed by atoms with E-state index in [4.69, 9.17) is 9.47 Å². The minimum absolute atomic E-state index is 0.0792. The summed E-state index contributed by atoms with van der Waals surface area (Å²) in [7, 11) is 0. The van der Waals surface area contributed by atoms with E-state index in [1.54, 1.807) is 6.08 Å². The Morgan fingerprint density at radius 2 is 1.43 bits per heavy atom. The smallest absolute Gasteiger partial charge is 0.306 e. The zero-order valence-corrected chi connectivity index (χ0v) is 29.5. The van der Waals surface area contributed by atoms with Crippen LogP contribution in [0.1, 0.15) is 162 Å². The van der Waals surface area contributed by atoms with E-state index in [1.165, 1.54) is 44.9 Å². The first-order valence-corrected chi connectivity index (χ1v) is 18.7. The lowest BCUT2D eigenvalue weighted by atomic mass is 9.88. The third-order valence-corrected chi connectivity index (χ3v) is 9.49. The molecule has 3 N–H and O–H groups in total. The Kier molecular flexibility index (Phi) is 25.0. The molecule has 1 unspecified atom stereocenters. The minimum Gasteiger partial charge on any atom is -0.462 e. The van der Waals surface area contributed by atoms with Crippen molar-refractivity contribution in [2.75, 3.05) is 13.2 Å². The number of carbonyl (C=O) groups excluding carboxylic acids is 3. The second kappa shape index (κ2) is 27.2. The summed E-state index contributed by atoms with van der Waals surface area (Å²) < 4.78 is 10.5. The molecule has 1 fully saturated rings. The third-order valence-electron chi connectivity index (χ3n) is 9.49. The highest BCUT2D eigenvalue weighted by atomic mass is 16.6. The number of aliphatic hydroxyl groups excluding tert-OH is 3. The first-order chi connectivity index (χ1) is 22.2. The molecule has 0 aromatic rings. The number of unbranched alkanes of at least 4 members (excludes halogenated alkanes) is 12. The first kappa shape index (κ1) is 42.3. The number of Topliss-reactive ketones (excluding diaryl/α,β-unsaturated/α-hetero) is 1. The normalized spacial score (nSPS) is 20.2. The number of rotatable bonds is 29. The Morgan fingerprint density at radius 1 is 0.848 bits per heavy atom. The van der Waals surface area contributed by atoms with Gasteiger partial charge in [0.1, 0.15) is 12.4 Å².